The highest BCUT2D eigenvalue weighted by Gasteiger charge is 2.29. The molecule has 2 rings (SSSR count). The number of carbonyl (C=O) groups is 1. The molecule has 0 radical (unpaired) electrons. The number of amides is 1. The minimum atomic E-state index is 0.0527. The minimum Gasteiger partial charge on any atom is -0.336 e. The van der Waals surface area contributed by atoms with Gasteiger partial charge in [0.05, 0.1) is 10.6 Å². The standard InChI is InChI=1S/C14H16Br2ClNO/c15-7-2-8-18(11-3-1-4-11)14(19)12-9-10(16)5-6-13(12)17/h5-6,9,11H,1-4,7-8H2. The van der Waals surface area contributed by atoms with Crippen LogP contribution in [0.15, 0.2) is 22.7 Å². The summed E-state index contributed by atoms with van der Waals surface area (Å²) in [5.41, 5.74) is 0.595. The van der Waals surface area contributed by atoms with E-state index in [1.54, 1.807) is 6.07 Å². The lowest BCUT2D eigenvalue weighted by molar-refractivity contribution is 0.0581. The zero-order valence-corrected chi connectivity index (χ0v) is 14.5. The molecule has 1 aliphatic carbocycles. The molecule has 0 heterocycles. The lowest BCUT2D eigenvalue weighted by atomic mass is 9.91. The van der Waals surface area contributed by atoms with Crippen molar-refractivity contribution in [2.75, 3.05) is 11.9 Å². The predicted octanol–water partition coefficient (Wildman–Crippen LogP) is 4.88. The van der Waals surface area contributed by atoms with Crippen molar-refractivity contribution in [1.82, 2.24) is 4.90 Å². The topological polar surface area (TPSA) is 20.3 Å². The molecule has 1 amide bonds. The Hall–Kier alpha value is -0.0600. The summed E-state index contributed by atoms with van der Waals surface area (Å²) in [5.74, 6) is 0.0527. The molecular weight excluding hydrogens is 393 g/mol. The van der Waals surface area contributed by atoms with E-state index in [0.29, 0.717) is 16.6 Å². The van der Waals surface area contributed by atoms with E-state index in [2.05, 4.69) is 31.9 Å². The second kappa shape index (κ2) is 7.09. The number of benzene rings is 1. The maximum Gasteiger partial charge on any atom is 0.255 e. The minimum absolute atomic E-state index is 0.0527. The maximum absolute atomic E-state index is 12.7. The number of halogens is 3. The van der Waals surface area contributed by atoms with Crippen LogP contribution in [0.25, 0.3) is 0 Å². The first-order valence-electron chi connectivity index (χ1n) is 6.45. The summed E-state index contributed by atoms with van der Waals surface area (Å²) in [6.07, 6.45) is 4.40. The summed E-state index contributed by atoms with van der Waals surface area (Å²) >= 11 is 13.0. The summed E-state index contributed by atoms with van der Waals surface area (Å²) in [4.78, 5) is 14.6. The van der Waals surface area contributed by atoms with Crippen molar-refractivity contribution >= 4 is 49.4 Å². The third-order valence-electron chi connectivity index (χ3n) is 3.47. The number of alkyl halides is 1. The van der Waals surface area contributed by atoms with Crippen LogP contribution in [0.1, 0.15) is 36.0 Å². The van der Waals surface area contributed by atoms with Crippen LogP contribution in [0.3, 0.4) is 0 Å². The molecule has 2 nitrogen and oxygen atoms in total. The fraction of sp³-hybridized carbons (Fsp3) is 0.500. The Labute approximate surface area is 135 Å². The van der Waals surface area contributed by atoms with Gasteiger partial charge in [-0.3, -0.25) is 4.79 Å². The maximum atomic E-state index is 12.7. The molecule has 104 valence electrons. The zero-order chi connectivity index (χ0) is 13.8. The summed E-state index contributed by atoms with van der Waals surface area (Å²) in [6.45, 7) is 0.789. The fourth-order valence-electron chi connectivity index (χ4n) is 2.19. The smallest absolute Gasteiger partial charge is 0.255 e. The molecule has 0 N–H and O–H groups in total. The van der Waals surface area contributed by atoms with Gasteiger partial charge in [-0.25, -0.2) is 0 Å². The second-order valence-electron chi connectivity index (χ2n) is 4.75. The van der Waals surface area contributed by atoms with Crippen LogP contribution >= 0.6 is 43.5 Å². The van der Waals surface area contributed by atoms with Crippen molar-refractivity contribution in [3.8, 4) is 0 Å². The second-order valence-corrected chi connectivity index (χ2v) is 6.87. The molecule has 0 unspecified atom stereocenters. The number of carbonyl (C=O) groups excluding carboxylic acids is 1. The Kier molecular flexibility index (Phi) is 5.72. The van der Waals surface area contributed by atoms with Gasteiger partial charge in [-0.05, 0) is 43.9 Å². The van der Waals surface area contributed by atoms with Gasteiger partial charge in [0.15, 0.2) is 0 Å². The molecule has 0 bridgehead atoms. The average Bonchev–Trinajstić information content (AvgIpc) is 2.34. The van der Waals surface area contributed by atoms with Crippen molar-refractivity contribution in [3.05, 3.63) is 33.3 Å². The van der Waals surface area contributed by atoms with Gasteiger partial charge in [0.2, 0.25) is 0 Å². The lowest BCUT2D eigenvalue weighted by Crippen LogP contribution is -2.45. The highest BCUT2D eigenvalue weighted by Crippen LogP contribution is 2.29. The van der Waals surface area contributed by atoms with Crippen molar-refractivity contribution in [3.63, 3.8) is 0 Å². The molecule has 0 aliphatic heterocycles. The highest BCUT2D eigenvalue weighted by molar-refractivity contribution is 9.10. The Balaban J connectivity index is 2.19. The number of hydrogen-bond acceptors (Lipinski definition) is 1. The molecular formula is C14H16Br2ClNO. The molecule has 0 spiro atoms. The predicted molar refractivity (Wildman–Crippen MR) is 86.2 cm³/mol. The molecule has 19 heavy (non-hydrogen) atoms. The molecule has 1 aromatic rings. The summed E-state index contributed by atoms with van der Waals surface area (Å²) < 4.78 is 0.884. The van der Waals surface area contributed by atoms with E-state index in [9.17, 15) is 4.79 Å². The van der Waals surface area contributed by atoms with Gasteiger partial charge >= 0.3 is 0 Å². The highest BCUT2D eigenvalue weighted by atomic mass is 79.9. The first kappa shape index (κ1) is 15.3. The van der Waals surface area contributed by atoms with Crippen LogP contribution in [0.5, 0.6) is 0 Å². The van der Waals surface area contributed by atoms with Crippen LogP contribution in [0, 0.1) is 0 Å². The van der Waals surface area contributed by atoms with E-state index in [4.69, 9.17) is 11.6 Å². The van der Waals surface area contributed by atoms with Gasteiger partial charge in [-0.2, -0.15) is 0 Å². The van der Waals surface area contributed by atoms with E-state index in [-0.39, 0.29) is 5.91 Å². The monoisotopic (exact) mass is 407 g/mol. The quantitative estimate of drug-likeness (QED) is 0.635. The van der Waals surface area contributed by atoms with Crippen LogP contribution < -0.4 is 0 Å². The van der Waals surface area contributed by atoms with Crippen LogP contribution in [0.4, 0.5) is 0 Å². The third kappa shape index (κ3) is 3.73. The summed E-state index contributed by atoms with van der Waals surface area (Å²) in [7, 11) is 0. The molecule has 0 saturated heterocycles. The van der Waals surface area contributed by atoms with Crippen molar-refractivity contribution in [2.45, 2.75) is 31.7 Å². The SMILES string of the molecule is O=C(c1cc(Br)ccc1Cl)N(CCCBr)C1CCC1. The van der Waals surface area contributed by atoms with E-state index >= 15 is 0 Å². The number of rotatable bonds is 5. The molecule has 1 saturated carbocycles. The van der Waals surface area contributed by atoms with Crippen molar-refractivity contribution < 1.29 is 4.79 Å². The normalized spacial score (nSPS) is 15.1. The molecule has 1 aliphatic rings. The van der Waals surface area contributed by atoms with Crippen LogP contribution in [0.2, 0.25) is 5.02 Å². The van der Waals surface area contributed by atoms with E-state index in [1.807, 2.05) is 17.0 Å². The first-order valence-corrected chi connectivity index (χ1v) is 8.74. The van der Waals surface area contributed by atoms with Gasteiger partial charge in [0.25, 0.3) is 5.91 Å². The van der Waals surface area contributed by atoms with Gasteiger partial charge in [-0.15, -0.1) is 0 Å². The van der Waals surface area contributed by atoms with Crippen LogP contribution in [-0.4, -0.2) is 28.7 Å². The van der Waals surface area contributed by atoms with E-state index in [0.717, 1.165) is 35.6 Å². The third-order valence-corrected chi connectivity index (χ3v) is 4.85. The van der Waals surface area contributed by atoms with Gasteiger partial charge < -0.3 is 4.90 Å². The lowest BCUT2D eigenvalue weighted by Gasteiger charge is -2.37. The van der Waals surface area contributed by atoms with Crippen molar-refractivity contribution in [2.24, 2.45) is 0 Å². The van der Waals surface area contributed by atoms with Crippen LogP contribution in [-0.2, 0) is 0 Å². The number of nitrogens with zero attached hydrogens (tertiary/aromatic N) is 1. The molecule has 5 heteroatoms. The molecule has 1 fully saturated rings. The Bertz CT molecular complexity index is 463. The summed E-state index contributed by atoms with van der Waals surface area (Å²) in [6, 6.07) is 5.82. The van der Waals surface area contributed by atoms with E-state index in [1.165, 1.54) is 6.42 Å². The zero-order valence-electron chi connectivity index (χ0n) is 10.5. The van der Waals surface area contributed by atoms with E-state index < -0.39 is 0 Å². The van der Waals surface area contributed by atoms with Gasteiger partial charge in [0, 0.05) is 22.4 Å². The Morgan fingerprint density at radius 2 is 2.16 bits per heavy atom. The van der Waals surface area contributed by atoms with Crippen molar-refractivity contribution in [1.29, 1.82) is 0 Å². The molecule has 0 atom stereocenters. The van der Waals surface area contributed by atoms with Gasteiger partial charge in [-0.1, -0.05) is 43.5 Å². The average molecular weight is 410 g/mol. The summed E-state index contributed by atoms with van der Waals surface area (Å²) in [5, 5.41) is 1.44. The fourth-order valence-corrected chi connectivity index (χ4v) is 3.00. The Morgan fingerprint density at radius 1 is 1.42 bits per heavy atom. The molecule has 0 aromatic heterocycles. The largest absolute Gasteiger partial charge is 0.336 e. The first-order chi connectivity index (χ1) is 9.13. The number of hydrogen-bond donors (Lipinski definition) is 0. The molecule has 1 aromatic carbocycles. The Morgan fingerprint density at radius 3 is 2.74 bits per heavy atom. The van der Waals surface area contributed by atoms with Gasteiger partial charge in [0.1, 0.15) is 0 Å².